The van der Waals surface area contributed by atoms with Gasteiger partial charge in [-0.2, -0.15) is 0 Å². The first-order valence-corrected chi connectivity index (χ1v) is 4.10. The van der Waals surface area contributed by atoms with Crippen LogP contribution in [-0.2, 0) is 9.59 Å². The number of carbonyl (C=O) groups is 2. The lowest BCUT2D eigenvalue weighted by molar-refractivity contribution is -0.138. The largest absolute Gasteiger partial charge is 0.481 e. The molecular formula is C6H8N2O3S. The van der Waals surface area contributed by atoms with E-state index in [1.54, 1.807) is 11.6 Å². The molecule has 0 saturated heterocycles. The van der Waals surface area contributed by atoms with Gasteiger partial charge in [-0.15, -0.1) is 0 Å². The zero-order chi connectivity index (χ0) is 9.03. The highest BCUT2D eigenvalue weighted by Crippen LogP contribution is 2.28. The maximum atomic E-state index is 10.4. The SMILES string of the molecule is O=CNC1(CC(=O)O)NC=CS1. The van der Waals surface area contributed by atoms with Gasteiger partial charge in [0, 0.05) is 6.20 Å². The highest BCUT2D eigenvalue weighted by atomic mass is 32.2. The summed E-state index contributed by atoms with van der Waals surface area (Å²) in [5.74, 6) is -0.965. The molecule has 6 heteroatoms. The Balaban J connectivity index is 2.59. The van der Waals surface area contributed by atoms with E-state index in [4.69, 9.17) is 5.11 Å². The van der Waals surface area contributed by atoms with Gasteiger partial charge in [-0.25, -0.2) is 0 Å². The predicted octanol–water partition coefficient (Wildman–Crippen LogP) is -0.332. The second kappa shape index (κ2) is 3.48. The van der Waals surface area contributed by atoms with Gasteiger partial charge in [0.05, 0.1) is 6.42 Å². The van der Waals surface area contributed by atoms with Crippen molar-refractivity contribution in [2.75, 3.05) is 0 Å². The van der Waals surface area contributed by atoms with E-state index < -0.39 is 11.0 Å². The molecule has 1 aliphatic heterocycles. The van der Waals surface area contributed by atoms with E-state index >= 15 is 0 Å². The van der Waals surface area contributed by atoms with Gasteiger partial charge in [0.2, 0.25) is 6.41 Å². The van der Waals surface area contributed by atoms with E-state index in [9.17, 15) is 9.59 Å². The molecular weight excluding hydrogens is 180 g/mol. The Bertz CT molecular complexity index is 221. The van der Waals surface area contributed by atoms with Crippen molar-refractivity contribution >= 4 is 24.1 Å². The molecule has 1 amide bonds. The van der Waals surface area contributed by atoms with E-state index in [1.165, 1.54) is 11.8 Å². The Morgan fingerprint density at radius 1 is 1.83 bits per heavy atom. The van der Waals surface area contributed by atoms with Gasteiger partial charge < -0.3 is 15.7 Å². The number of hydrogen-bond acceptors (Lipinski definition) is 4. The first kappa shape index (κ1) is 8.92. The molecule has 1 rings (SSSR count). The molecule has 0 spiro atoms. The van der Waals surface area contributed by atoms with Gasteiger partial charge in [-0.1, -0.05) is 11.8 Å². The van der Waals surface area contributed by atoms with Crippen molar-refractivity contribution in [2.45, 2.75) is 11.4 Å². The summed E-state index contributed by atoms with van der Waals surface area (Å²) in [6.45, 7) is 0. The molecule has 1 unspecified atom stereocenters. The van der Waals surface area contributed by atoms with Crippen molar-refractivity contribution in [3.8, 4) is 0 Å². The quantitative estimate of drug-likeness (QED) is 0.526. The van der Waals surface area contributed by atoms with Crippen molar-refractivity contribution in [2.24, 2.45) is 0 Å². The molecule has 0 aliphatic carbocycles. The fourth-order valence-electron chi connectivity index (χ4n) is 0.880. The van der Waals surface area contributed by atoms with E-state index in [0.717, 1.165) is 0 Å². The summed E-state index contributed by atoms with van der Waals surface area (Å²) in [7, 11) is 0. The van der Waals surface area contributed by atoms with Crippen molar-refractivity contribution in [1.82, 2.24) is 10.6 Å². The van der Waals surface area contributed by atoms with E-state index in [1.807, 2.05) is 0 Å². The highest BCUT2D eigenvalue weighted by Gasteiger charge is 2.33. The summed E-state index contributed by atoms with van der Waals surface area (Å²) in [6, 6.07) is 0. The van der Waals surface area contributed by atoms with Crippen LogP contribution in [0.1, 0.15) is 6.42 Å². The Morgan fingerprint density at radius 3 is 3.00 bits per heavy atom. The molecule has 0 radical (unpaired) electrons. The molecule has 1 aliphatic rings. The third kappa shape index (κ3) is 1.91. The maximum Gasteiger partial charge on any atom is 0.308 e. The Morgan fingerprint density at radius 2 is 2.58 bits per heavy atom. The van der Waals surface area contributed by atoms with Crippen LogP contribution in [0.25, 0.3) is 0 Å². The summed E-state index contributed by atoms with van der Waals surface area (Å²) in [5.41, 5.74) is 0. The second-order valence-electron chi connectivity index (χ2n) is 2.22. The third-order valence-corrected chi connectivity index (χ3v) is 2.40. The number of aliphatic carboxylic acids is 1. The zero-order valence-corrected chi connectivity index (χ0v) is 6.93. The van der Waals surface area contributed by atoms with Crippen molar-refractivity contribution in [1.29, 1.82) is 0 Å². The molecule has 0 saturated carbocycles. The molecule has 1 atom stereocenters. The zero-order valence-electron chi connectivity index (χ0n) is 6.11. The Kier molecular flexibility index (Phi) is 2.59. The van der Waals surface area contributed by atoms with Crippen molar-refractivity contribution in [3.63, 3.8) is 0 Å². The van der Waals surface area contributed by atoms with Crippen LogP contribution in [0.15, 0.2) is 11.6 Å². The summed E-state index contributed by atoms with van der Waals surface area (Å²) in [6.07, 6.45) is 1.92. The smallest absolute Gasteiger partial charge is 0.308 e. The average Bonchev–Trinajstić information content (AvgIpc) is 2.36. The first-order chi connectivity index (χ1) is 5.68. The summed E-state index contributed by atoms with van der Waals surface area (Å²) in [4.78, 5) is 19.7. The van der Waals surface area contributed by atoms with Crippen molar-refractivity contribution < 1.29 is 14.7 Å². The lowest BCUT2D eigenvalue weighted by Gasteiger charge is -2.25. The number of carbonyl (C=O) groups excluding carboxylic acids is 1. The Hall–Kier alpha value is -1.17. The molecule has 3 N–H and O–H groups in total. The number of carboxylic acid groups (broad SMARTS) is 1. The Labute approximate surface area is 73.2 Å². The van der Waals surface area contributed by atoms with Crippen LogP contribution in [0.2, 0.25) is 0 Å². The summed E-state index contributed by atoms with van der Waals surface area (Å²) < 4.78 is 0. The van der Waals surface area contributed by atoms with Gasteiger partial charge in [0.15, 0.2) is 4.99 Å². The molecule has 12 heavy (non-hydrogen) atoms. The van der Waals surface area contributed by atoms with Crippen LogP contribution in [0.3, 0.4) is 0 Å². The fraction of sp³-hybridized carbons (Fsp3) is 0.333. The predicted molar refractivity (Wildman–Crippen MR) is 44.1 cm³/mol. The number of amides is 1. The molecule has 66 valence electrons. The minimum Gasteiger partial charge on any atom is -0.481 e. The third-order valence-electron chi connectivity index (χ3n) is 1.35. The summed E-state index contributed by atoms with van der Waals surface area (Å²) >= 11 is 1.23. The number of nitrogens with one attached hydrogen (secondary N) is 2. The molecule has 5 nitrogen and oxygen atoms in total. The minimum absolute atomic E-state index is 0.163. The molecule has 0 bridgehead atoms. The summed E-state index contributed by atoms with van der Waals surface area (Å²) in [5, 5.41) is 15.4. The van der Waals surface area contributed by atoms with Gasteiger partial charge in [-0.05, 0) is 5.41 Å². The van der Waals surface area contributed by atoms with Gasteiger partial charge in [0.25, 0.3) is 0 Å². The normalized spacial score (nSPS) is 26.3. The molecule has 1 heterocycles. The van der Waals surface area contributed by atoms with Gasteiger partial charge in [0.1, 0.15) is 0 Å². The number of carboxylic acids is 1. The first-order valence-electron chi connectivity index (χ1n) is 3.22. The van der Waals surface area contributed by atoms with Gasteiger partial charge >= 0.3 is 5.97 Å². The van der Waals surface area contributed by atoms with E-state index in [2.05, 4.69) is 10.6 Å². The van der Waals surface area contributed by atoms with Crippen molar-refractivity contribution in [3.05, 3.63) is 11.6 Å². The monoisotopic (exact) mass is 188 g/mol. The van der Waals surface area contributed by atoms with E-state index in [0.29, 0.717) is 6.41 Å². The molecule has 0 aromatic rings. The average molecular weight is 188 g/mol. The van der Waals surface area contributed by atoms with Crippen LogP contribution in [-0.4, -0.2) is 22.5 Å². The van der Waals surface area contributed by atoms with Crippen LogP contribution < -0.4 is 10.6 Å². The van der Waals surface area contributed by atoms with Crippen LogP contribution in [0, 0.1) is 0 Å². The number of rotatable bonds is 4. The topological polar surface area (TPSA) is 78.4 Å². The maximum absolute atomic E-state index is 10.4. The van der Waals surface area contributed by atoms with Crippen LogP contribution >= 0.6 is 11.8 Å². The molecule has 0 aromatic carbocycles. The molecule has 0 fully saturated rings. The fourth-order valence-corrected chi connectivity index (χ4v) is 1.71. The van der Waals surface area contributed by atoms with E-state index in [-0.39, 0.29) is 6.42 Å². The molecule has 0 aromatic heterocycles. The van der Waals surface area contributed by atoms with Crippen LogP contribution in [0.4, 0.5) is 0 Å². The minimum atomic E-state index is -0.965. The number of hydrogen-bond donors (Lipinski definition) is 3. The number of thioether (sulfide) groups is 1. The second-order valence-corrected chi connectivity index (χ2v) is 3.43. The van der Waals surface area contributed by atoms with Crippen LogP contribution in [0.5, 0.6) is 0 Å². The standard InChI is InChI=1S/C6H8N2O3S/c9-4-8-6(3-5(10)11)7-1-2-12-6/h1-2,4,7H,3H2,(H,8,9)(H,10,11). The highest BCUT2D eigenvalue weighted by molar-refractivity contribution is 8.03. The van der Waals surface area contributed by atoms with Gasteiger partial charge in [-0.3, -0.25) is 9.59 Å². The lowest BCUT2D eigenvalue weighted by Crippen LogP contribution is -2.50. The lowest BCUT2D eigenvalue weighted by atomic mass is 10.3.